The minimum Gasteiger partial charge on any atom is -0.481 e. The van der Waals surface area contributed by atoms with Crippen molar-refractivity contribution in [2.45, 2.75) is 88.3 Å². The number of carbonyl (C=O) groups excluding carboxylic acids is 1. The summed E-state index contributed by atoms with van der Waals surface area (Å²) in [5.41, 5.74) is 0. The molecular formula is C19H33NO8S. The number of carboxylic acid groups (broad SMARTS) is 2. The highest BCUT2D eigenvalue weighted by atomic mass is 32.2. The van der Waals surface area contributed by atoms with E-state index in [1.165, 1.54) is 12.8 Å². The van der Waals surface area contributed by atoms with Gasteiger partial charge in [0.05, 0.1) is 6.42 Å². The fourth-order valence-electron chi connectivity index (χ4n) is 3.19. The molecule has 0 aromatic rings. The molecule has 0 heterocycles. The van der Waals surface area contributed by atoms with Crippen LogP contribution in [0.15, 0.2) is 12.7 Å². The highest BCUT2D eigenvalue weighted by molar-refractivity contribution is 7.88. The van der Waals surface area contributed by atoms with Crippen LogP contribution in [0, 0.1) is 0 Å². The van der Waals surface area contributed by atoms with E-state index >= 15 is 0 Å². The molecule has 0 rings (SSSR count). The number of carbonyl (C=O) groups is 3. The molecule has 4 N–H and O–H groups in total. The second-order valence-electron chi connectivity index (χ2n) is 7.22. The van der Waals surface area contributed by atoms with Crippen molar-refractivity contribution in [1.82, 2.24) is 5.32 Å². The van der Waals surface area contributed by atoms with Crippen LogP contribution in [0.25, 0.3) is 0 Å². The predicted molar refractivity (Wildman–Crippen MR) is 108 cm³/mol. The maximum Gasteiger partial charge on any atom is 0.328 e. The van der Waals surface area contributed by atoms with Gasteiger partial charge in [-0.05, 0) is 12.5 Å². The van der Waals surface area contributed by atoms with Gasteiger partial charge in [0.1, 0.15) is 0 Å². The zero-order valence-corrected chi connectivity index (χ0v) is 17.7. The van der Waals surface area contributed by atoms with E-state index in [4.69, 9.17) is 5.11 Å². The van der Waals surface area contributed by atoms with Gasteiger partial charge in [-0.25, -0.2) is 0 Å². The van der Waals surface area contributed by atoms with Crippen molar-refractivity contribution in [3.63, 3.8) is 0 Å². The molecule has 10 heteroatoms. The number of carboxylic acids is 2. The van der Waals surface area contributed by atoms with Gasteiger partial charge in [0.2, 0.25) is 10.7 Å². The van der Waals surface area contributed by atoms with Crippen LogP contribution >= 0.6 is 0 Å². The first-order valence-corrected chi connectivity index (χ1v) is 11.3. The summed E-state index contributed by atoms with van der Waals surface area (Å²) in [5.74, 6) is -4.30. The van der Waals surface area contributed by atoms with Crippen molar-refractivity contribution in [2.75, 3.05) is 0 Å². The van der Waals surface area contributed by atoms with Gasteiger partial charge in [-0.15, -0.1) is 0 Å². The summed E-state index contributed by atoms with van der Waals surface area (Å²) in [6, 6.07) is -0.946. The Labute approximate surface area is 172 Å². The summed E-state index contributed by atoms with van der Waals surface area (Å²) in [4.78, 5) is 34.4. The lowest BCUT2D eigenvalue weighted by molar-refractivity contribution is -0.147. The minimum atomic E-state index is -5.26. The molecule has 2 atom stereocenters. The van der Waals surface area contributed by atoms with E-state index in [2.05, 4.69) is 18.8 Å². The lowest BCUT2D eigenvalue weighted by Crippen LogP contribution is -2.52. The van der Waals surface area contributed by atoms with Crippen molar-refractivity contribution < 1.29 is 37.6 Å². The van der Waals surface area contributed by atoms with Crippen molar-refractivity contribution in [2.24, 2.45) is 0 Å². The van der Waals surface area contributed by atoms with Gasteiger partial charge < -0.3 is 15.5 Å². The second kappa shape index (κ2) is 13.3. The number of aliphatic carboxylic acids is 2. The minimum absolute atomic E-state index is 0.249. The molecule has 2 unspecified atom stereocenters. The third-order valence-electron chi connectivity index (χ3n) is 4.83. The molecule has 0 spiro atoms. The normalized spacial score (nSPS) is 14.6. The van der Waals surface area contributed by atoms with Crippen molar-refractivity contribution in [3.8, 4) is 0 Å². The van der Waals surface area contributed by atoms with E-state index in [0.29, 0.717) is 6.42 Å². The molecular weight excluding hydrogens is 402 g/mol. The zero-order valence-electron chi connectivity index (χ0n) is 16.9. The van der Waals surface area contributed by atoms with E-state index < -0.39 is 51.6 Å². The number of unbranched alkanes of at least 4 members (excludes halogenated alkanes) is 7. The van der Waals surface area contributed by atoms with Crippen LogP contribution in [0.5, 0.6) is 0 Å². The van der Waals surface area contributed by atoms with E-state index in [1.54, 1.807) is 0 Å². The molecule has 0 aliphatic rings. The van der Waals surface area contributed by atoms with Crippen molar-refractivity contribution in [1.29, 1.82) is 0 Å². The Kier molecular flexibility index (Phi) is 12.4. The van der Waals surface area contributed by atoms with E-state index in [0.717, 1.165) is 38.2 Å². The molecule has 0 aliphatic heterocycles. The summed E-state index contributed by atoms with van der Waals surface area (Å²) in [6.07, 6.45) is 7.13. The first kappa shape index (κ1) is 27.1. The molecule has 0 bridgehead atoms. The molecule has 9 nitrogen and oxygen atoms in total. The smallest absolute Gasteiger partial charge is 0.328 e. The summed E-state index contributed by atoms with van der Waals surface area (Å²) < 4.78 is 30.2. The molecule has 1 amide bonds. The van der Waals surface area contributed by atoms with Crippen LogP contribution < -0.4 is 5.32 Å². The summed E-state index contributed by atoms with van der Waals surface area (Å²) in [5, 5.41) is 20.9. The van der Waals surface area contributed by atoms with E-state index in [-0.39, 0.29) is 6.42 Å². The number of hydrogen-bond donors (Lipinski definition) is 4. The molecule has 0 radical (unpaired) electrons. The van der Waals surface area contributed by atoms with E-state index in [9.17, 15) is 32.5 Å². The predicted octanol–water partition coefficient (Wildman–Crippen LogP) is 2.76. The number of amides is 1. The molecule has 0 saturated heterocycles. The number of rotatable bonds is 17. The third-order valence-corrected chi connectivity index (χ3v) is 6.31. The Morgan fingerprint density at radius 3 is 1.97 bits per heavy atom. The SMILES string of the molecule is C=CC(=O)NC(CCCCCCCCCC)CC(CC(=O)O)(C(=O)O)S(=O)(=O)O. The zero-order chi connectivity index (χ0) is 22.5. The highest BCUT2D eigenvalue weighted by Crippen LogP contribution is 2.29. The van der Waals surface area contributed by atoms with Gasteiger partial charge in [0.15, 0.2) is 0 Å². The summed E-state index contributed by atoms with van der Waals surface area (Å²) in [7, 11) is -5.26. The largest absolute Gasteiger partial charge is 0.481 e. The molecule has 0 aromatic carbocycles. The molecule has 168 valence electrons. The maximum absolute atomic E-state index is 11.8. The third kappa shape index (κ3) is 9.89. The monoisotopic (exact) mass is 435 g/mol. The fourth-order valence-corrected chi connectivity index (χ4v) is 4.13. The average molecular weight is 436 g/mol. The van der Waals surface area contributed by atoms with Crippen LogP contribution in [-0.2, 0) is 24.5 Å². The van der Waals surface area contributed by atoms with Gasteiger partial charge in [-0.1, -0.05) is 64.9 Å². The highest BCUT2D eigenvalue weighted by Gasteiger charge is 2.53. The molecule has 29 heavy (non-hydrogen) atoms. The lowest BCUT2D eigenvalue weighted by atomic mass is 9.92. The second-order valence-corrected chi connectivity index (χ2v) is 8.95. The summed E-state index contributed by atoms with van der Waals surface area (Å²) >= 11 is 0. The van der Waals surface area contributed by atoms with Crippen LogP contribution in [-0.4, -0.2) is 51.8 Å². The standard InChI is InChI=1S/C19H33NO8S/c1-3-5-6-7-8-9-10-11-12-15(20-16(21)4-2)13-19(18(24)25,14-17(22)23)29(26,27)28/h4,15H,2-3,5-14H2,1H3,(H,20,21)(H,22,23)(H,24,25)(H,26,27,28). The summed E-state index contributed by atoms with van der Waals surface area (Å²) in [6.45, 7) is 5.43. The van der Waals surface area contributed by atoms with Gasteiger partial charge in [0, 0.05) is 12.5 Å². The van der Waals surface area contributed by atoms with Gasteiger partial charge in [-0.2, -0.15) is 8.42 Å². The lowest BCUT2D eigenvalue weighted by Gasteiger charge is -2.29. The Morgan fingerprint density at radius 2 is 1.55 bits per heavy atom. The Balaban J connectivity index is 5.16. The molecule has 0 saturated carbocycles. The first-order chi connectivity index (χ1) is 13.5. The Hall–Kier alpha value is -1.94. The topological polar surface area (TPSA) is 158 Å². The van der Waals surface area contributed by atoms with Crippen molar-refractivity contribution >= 4 is 28.0 Å². The van der Waals surface area contributed by atoms with Gasteiger partial charge >= 0.3 is 11.9 Å². The van der Waals surface area contributed by atoms with Gasteiger partial charge in [-0.3, -0.25) is 18.9 Å². The van der Waals surface area contributed by atoms with Gasteiger partial charge in [0.25, 0.3) is 10.1 Å². The average Bonchev–Trinajstić information content (AvgIpc) is 2.61. The maximum atomic E-state index is 11.8. The number of hydrogen-bond acceptors (Lipinski definition) is 5. The number of nitrogens with one attached hydrogen (secondary N) is 1. The Morgan fingerprint density at radius 1 is 1.03 bits per heavy atom. The molecule has 0 aromatic heterocycles. The van der Waals surface area contributed by atoms with Crippen LogP contribution in [0.4, 0.5) is 0 Å². The van der Waals surface area contributed by atoms with E-state index in [1.807, 2.05) is 0 Å². The van der Waals surface area contributed by atoms with Crippen LogP contribution in [0.2, 0.25) is 0 Å². The molecule has 0 aliphatic carbocycles. The Bertz CT molecular complexity index is 661. The first-order valence-electron chi connectivity index (χ1n) is 9.85. The van der Waals surface area contributed by atoms with Crippen LogP contribution in [0.3, 0.4) is 0 Å². The molecule has 0 fully saturated rings. The van der Waals surface area contributed by atoms with Crippen molar-refractivity contribution in [3.05, 3.63) is 12.7 Å². The van der Waals surface area contributed by atoms with Crippen LogP contribution in [0.1, 0.15) is 77.6 Å². The quantitative estimate of drug-likeness (QED) is 0.154. The fraction of sp³-hybridized carbons (Fsp3) is 0.737.